The van der Waals surface area contributed by atoms with Gasteiger partial charge in [-0.25, -0.2) is 4.98 Å². The highest BCUT2D eigenvalue weighted by molar-refractivity contribution is 7.90. The van der Waals surface area contributed by atoms with Crippen LogP contribution in [0.1, 0.15) is 5.56 Å². The Balaban J connectivity index is 1.88. The summed E-state index contributed by atoms with van der Waals surface area (Å²) >= 11 is 0. The first-order valence-electron chi connectivity index (χ1n) is 8.18. The lowest BCUT2D eigenvalue weighted by molar-refractivity contribution is -0.116. The molecule has 1 aromatic heterocycles. The van der Waals surface area contributed by atoms with E-state index in [1.807, 2.05) is 25.1 Å². The molecule has 138 valence electrons. The number of sulfonamides is 1. The molecule has 0 bridgehead atoms. The van der Waals surface area contributed by atoms with Crippen LogP contribution in [0.5, 0.6) is 0 Å². The maximum Gasteiger partial charge on any atom is 0.285 e. The van der Waals surface area contributed by atoms with Crippen molar-refractivity contribution < 1.29 is 13.2 Å². The zero-order chi connectivity index (χ0) is 19.3. The van der Waals surface area contributed by atoms with Gasteiger partial charge in [-0.1, -0.05) is 35.9 Å². The van der Waals surface area contributed by atoms with Crippen LogP contribution in [0.4, 0.5) is 5.69 Å². The van der Waals surface area contributed by atoms with Gasteiger partial charge < -0.3 is 9.88 Å². The number of carbonyl (C=O) groups is 1. The number of aryl methyl sites for hydroxylation is 1. The first-order chi connectivity index (χ1) is 12.9. The number of hydrogen-bond acceptors (Lipinski definition) is 4. The Bertz CT molecular complexity index is 1110. The fraction of sp³-hybridized carbons (Fsp3) is 0.105. The van der Waals surface area contributed by atoms with Gasteiger partial charge >= 0.3 is 0 Å². The van der Waals surface area contributed by atoms with E-state index in [-0.39, 0.29) is 23.0 Å². The highest BCUT2D eigenvalue weighted by Crippen LogP contribution is 2.12. The lowest BCUT2D eigenvalue weighted by Crippen LogP contribution is -2.30. The molecule has 7 nitrogen and oxygen atoms in total. The largest absolute Gasteiger partial charge is 0.325 e. The van der Waals surface area contributed by atoms with Crippen molar-refractivity contribution in [2.75, 3.05) is 5.32 Å². The van der Waals surface area contributed by atoms with Gasteiger partial charge in [-0.2, -0.15) is 8.42 Å². The Hall–Kier alpha value is -3.26. The molecule has 0 aliphatic rings. The van der Waals surface area contributed by atoms with Crippen LogP contribution >= 0.6 is 0 Å². The normalized spacial score (nSPS) is 12.0. The second kappa shape index (κ2) is 7.96. The minimum absolute atomic E-state index is 0.0683. The smallest absolute Gasteiger partial charge is 0.285 e. The predicted octanol–water partition coefficient (Wildman–Crippen LogP) is 2.12. The average molecular weight is 382 g/mol. The number of nitrogens with zero attached hydrogens (tertiary/aromatic N) is 3. The summed E-state index contributed by atoms with van der Waals surface area (Å²) in [5.41, 5.74) is 1.53. The minimum Gasteiger partial charge on any atom is -0.325 e. The first kappa shape index (κ1) is 18.5. The molecule has 1 amide bonds. The summed E-state index contributed by atoms with van der Waals surface area (Å²) in [7, 11) is -3.94. The van der Waals surface area contributed by atoms with E-state index in [0.717, 1.165) is 5.56 Å². The van der Waals surface area contributed by atoms with Crippen molar-refractivity contribution in [1.29, 1.82) is 0 Å². The lowest BCUT2D eigenvalue weighted by Gasteiger charge is -2.08. The predicted molar refractivity (Wildman–Crippen MR) is 101 cm³/mol. The van der Waals surface area contributed by atoms with Crippen LogP contribution in [0.3, 0.4) is 0 Å². The number of anilines is 1. The number of rotatable bonds is 5. The van der Waals surface area contributed by atoms with Crippen LogP contribution in [0.2, 0.25) is 0 Å². The molecule has 0 aliphatic carbocycles. The maximum absolute atomic E-state index is 12.5. The molecule has 0 saturated heterocycles. The van der Waals surface area contributed by atoms with Crippen LogP contribution in [-0.4, -0.2) is 23.9 Å². The highest BCUT2D eigenvalue weighted by Gasteiger charge is 2.13. The van der Waals surface area contributed by atoms with E-state index in [2.05, 4.69) is 14.7 Å². The fourth-order valence-corrected chi connectivity index (χ4v) is 3.29. The second-order valence-corrected chi connectivity index (χ2v) is 7.45. The molecular formula is C19H18N4O3S. The summed E-state index contributed by atoms with van der Waals surface area (Å²) < 4.78 is 30.2. The number of benzene rings is 2. The van der Waals surface area contributed by atoms with Gasteiger partial charge in [0.2, 0.25) is 11.5 Å². The van der Waals surface area contributed by atoms with Crippen molar-refractivity contribution in [3.8, 4) is 0 Å². The summed E-state index contributed by atoms with van der Waals surface area (Å²) in [4.78, 5) is 16.3. The molecule has 27 heavy (non-hydrogen) atoms. The quantitative estimate of drug-likeness (QED) is 0.731. The fourth-order valence-electron chi connectivity index (χ4n) is 2.34. The van der Waals surface area contributed by atoms with Crippen molar-refractivity contribution in [3.63, 3.8) is 0 Å². The van der Waals surface area contributed by atoms with Gasteiger partial charge in [0.05, 0.1) is 4.90 Å². The molecule has 0 unspecified atom stereocenters. The summed E-state index contributed by atoms with van der Waals surface area (Å²) in [6.45, 7) is 1.75. The van der Waals surface area contributed by atoms with Crippen LogP contribution < -0.4 is 10.9 Å². The van der Waals surface area contributed by atoms with Gasteiger partial charge in [-0.3, -0.25) is 4.79 Å². The Kier molecular flexibility index (Phi) is 5.46. The third-order valence-corrected chi connectivity index (χ3v) is 4.96. The maximum atomic E-state index is 12.5. The zero-order valence-corrected chi connectivity index (χ0v) is 15.4. The van der Waals surface area contributed by atoms with Gasteiger partial charge in [-0.05, 0) is 37.3 Å². The van der Waals surface area contributed by atoms with Crippen molar-refractivity contribution in [2.24, 2.45) is 4.40 Å². The molecule has 3 rings (SSSR count). The first-order valence-corrected chi connectivity index (χ1v) is 9.62. The third kappa shape index (κ3) is 4.89. The Morgan fingerprint density at radius 2 is 1.78 bits per heavy atom. The summed E-state index contributed by atoms with van der Waals surface area (Å²) in [6, 6.07) is 17.0. The van der Waals surface area contributed by atoms with Gasteiger partial charge in [0.25, 0.3) is 10.0 Å². The number of para-hydroxylation sites is 1. The molecular weight excluding hydrogens is 364 g/mol. The monoisotopic (exact) mass is 382 g/mol. The molecule has 1 N–H and O–H groups in total. The van der Waals surface area contributed by atoms with E-state index in [0.29, 0.717) is 5.69 Å². The molecule has 0 spiro atoms. The van der Waals surface area contributed by atoms with E-state index < -0.39 is 10.0 Å². The van der Waals surface area contributed by atoms with E-state index in [4.69, 9.17) is 0 Å². The molecule has 0 radical (unpaired) electrons. The number of hydrogen-bond donors (Lipinski definition) is 1. The molecule has 8 heteroatoms. The standard InChI is InChI=1S/C19H18N4O3S/c1-15-8-10-17(11-9-15)27(25,26)22-19-20-12-5-13-23(19)14-18(24)21-16-6-3-2-4-7-16/h2-13H,14H2,1H3,(H,21,24)/b22-19+. The molecule has 0 saturated carbocycles. The number of carbonyl (C=O) groups excluding carboxylic acids is 1. The average Bonchev–Trinajstić information content (AvgIpc) is 2.64. The number of nitrogens with one attached hydrogen (secondary N) is 1. The molecule has 3 aromatic rings. The molecule has 0 atom stereocenters. The van der Waals surface area contributed by atoms with Gasteiger partial charge in [0.15, 0.2) is 0 Å². The van der Waals surface area contributed by atoms with Gasteiger partial charge in [0, 0.05) is 18.1 Å². The van der Waals surface area contributed by atoms with Crippen LogP contribution in [0.25, 0.3) is 0 Å². The van der Waals surface area contributed by atoms with Crippen LogP contribution in [0, 0.1) is 6.92 Å². The molecule has 2 aromatic carbocycles. The summed E-state index contributed by atoms with van der Waals surface area (Å²) in [6.07, 6.45) is 2.98. The van der Waals surface area contributed by atoms with E-state index >= 15 is 0 Å². The minimum atomic E-state index is -3.94. The topological polar surface area (TPSA) is 93.4 Å². The zero-order valence-electron chi connectivity index (χ0n) is 14.6. The van der Waals surface area contributed by atoms with E-state index in [1.165, 1.54) is 22.9 Å². The van der Waals surface area contributed by atoms with E-state index in [1.54, 1.807) is 36.5 Å². The molecule has 0 fully saturated rings. The van der Waals surface area contributed by atoms with Crippen molar-refractivity contribution >= 4 is 21.6 Å². The SMILES string of the molecule is Cc1ccc(S(=O)(=O)/N=c2\ncccn2CC(=O)Nc2ccccc2)cc1. The van der Waals surface area contributed by atoms with Gasteiger partial charge in [-0.15, -0.1) is 4.40 Å². The van der Waals surface area contributed by atoms with Crippen molar-refractivity contribution in [1.82, 2.24) is 9.55 Å². The number of amides is 1. The Morgan fingerprint density at radius 3 is 2.48 bits per heavy atom. The molecule has 1 heterocycles. The summed E-state index contributed by atoms with van der Waals surface area (Å²) in [5.74, 6) is -0.316. The third-order valence-electron chi connectivity index (χ3n) is 3.69. The number of aromatic nitrogens is 2. The van der Waals surface area contributed by atoms with Crippen molar-refractivity contribution in [3.05, 3.63) is 84.2 Å². The van der Waals surface area contributed by atoms with Crippen LogP contribution in [0.15, 0.2) is 82.4 Å². The lowest BCUT2D eigenvalue weighted by atomic mass is 10.2. The Labute approximate surface area is 157 Å². The highest BCUT2D eigenvalue weighted by atomic mass is 32.2. The van der Waals surface area contributed by atoms with Gasteiger partial charge in [0.1, 0.15) is 6.54 Å². The second-order valence-electron chi connectivity index (χ2n) is 5.84. The van der Waals surface area contributed by atoms with E-state index in [9.17, 15) is 13.2 Å². The van der Waals surface area contributed by atoms with Crippen molar-refractivity contribution in [2.45, 2.75) is 18.4 Å². The molecule has 0 aliphatic heterocycles. The Morgan fingerprint density at radius 1 is 1.07 bits per heavy atom. The summed E-state index contributed by atoms with van der Waals surface area (Å²) in [5, 5.41) is 2.74. The van der Waals surface area contributed by atoms with Crippen LogP contribution in [-0.2, 0) is 21.4 Å².